The number of pyridine rings is 1. The number of hydrogen-bond acceptors (Lipinski definition) is 4. The number of para-hydroxylation sites is 1. The van der Waals surface area contributed by atoms with Crippen LogP contribution in [-0.4, -0.2) is 33.6 Å². The van der Waals surface area contributed by atoms with Crippen LogP contribution in [0.2, 0.25) is 0 Å². The molecule has 1 saturated heterocycles. The van der Waals surface area contributed by atoms with Gasteiger partial charge in [-0.3, -0.25) is 24.3 Å². The Hall–Kier alpha value is -3.02. The lowest BCUT2D eigenvalue weighted by molar-refractivity contribution is -0.147. The van der Waals surface area contributed by atoms with E-state index < -0.39 is 6.04 Å². The standard InChI is InChI=1S/C23H25N3O3/c1-14(2)13-19(26-22(28)16-9-3-4-10-17(16)23(26)29)21(27)25-18-11-5-7-15-8-6-12-24-20(15)18/h3-8,11-12,14,16-17,19H,9-10,13H2,1-2H3,(H,25,27). The van der Waals surface area contributed by atoms with Crippen LogP contribution in [0.5, 0.6) is 0 Å². The Labute approximate surface area is 170 Å². The monoisotopic (exact) mass is 391 g/mol. The summed E-state index contributed by atoms with van der Waals surface area (Å²) >= 11 is 0. The van der Waals surface area contributed by atoms with Gasteiger partial charge in [-0.25, -0.2) is 0 Å². The molecule has 2 aromatic rings. The summed E-state index contributed by atoms with van der Waals surface area (Å²) in [5, 5.41) is 3.84. The average molecular weight is 391 g/mol. The number of nitrogens with zero attached hydrogens (tertiary/aromatic N) is 2. The largest absolute Gasteiger partial charge is 0.322 e. The Kier molecular flexibility index (Phi) is 5.18. The maximum Gasteiger partial charge on any atom is 0.247 e. The van der Waals surface area contributed by atoms with Crippen molar-refractivity contribution >= 4 is 34.3 Å². The quantitative estimate of drug-likeness (QED) is 0.625. The smallest absolute Gasteiger partial charge is 0.247 e. The van der Waals surface area contributed by atoms with E-state index >= 15 is 0 Å². The highest BCUT2D eigenvalue weighted by atomic mass is 16.2. The molecular formula is C23H25N3O3. The molecule has 3 amide bonds. The summed E-state index contributed by atoms with van der Waals surface area (Å²) in [6, 6.07) is 8.51. The van der Waals surface area contributed by atoms with Gasteiger partial charge in [0.05, 0.1) is 23.0 Å². The van der Waals surface area contributed by atoms with Crippen LogP contribution in [0.1, 0.15) is 33.1 Å². The summed E-state index contributed by atoms with van der Waals surface area (Å²) in [7, 11) is 0. The number of carbonyl (C=O) groups excluding carboxylic acids is 3. The Balaban J connectivity index is 1.64. The number of likely N-dealkylation sites (tertiary alicyclic amines) is 1. The van der Waals surface area contributed by atoms with Crippen molar-refractivity contribution in [3.8, 4) is 0 Å². The van der Waals surface area contributed by atoms with Crippen molar-refractivity contribution in [2.75, 3.05) is 5.32 Å². The lowest BCUT2D eigenvalue weighted by atomic mass is 9.85. The second-order valence-electron chi connectivity index (χ2n) is 8.22. The predicted molar refractivity (Wildman–Crippen MR) is 111 cm³/mol. The molecule has 2 aliphatic rings. The third-order valence-electron chi connectivity index (χ3n) is 5.74. The minimum Gasteiger partial charge on any atom is -0.322 e. The molecule has 4 rings (SSSR count). The van der Waals surface area contributed by atoms with E-state index in [-0.39, 0.29) is 35.5 Å². The molecule has 0 bridgehead atoms. The Morgan fingerprint density at radius 2 is 1.76 bits per heavy atom. The number of nitrogens with one attached hydrogen (secondary N) is 1. The first-order chi connectivity index (χ1) is 14.0. The normalized spacial score (nSPS) is 22.2. The van der Waals surface area contributed by atoms with Crippen LogP contribution in [0.15, 0.2) is 48.7 Å². The molecule has 1 aromatic heterocycles. The highest BCUT2D eigenvalue weighted by Gasteiger charge is 2.51. The SMILES string of the molecule is CC(C)CC(C(=O)Nc1cccc2cccnc12)N1C(=O)C2CC=CCC2C1=O. The third-order valence-corrected chi connectivity index (χ3v) is 5.74. The molecule has 6 heteroatoms. The first-order valence-electron chi connectivity index (χ1n) is 10.1. The second kappa shape index (κ2) is 7.78. The van der Waals surface area contributed by atoms with Gasteiger partial charge in [0.2, 0.25) is 17.7 Å². The second-order valence-corrected chi connectivity index (χ2v) is 8.22. The van der Waals surface area contributed by atoms with Crippen LogP contribution in [0.4, 0.5) is 5.69 Å². The molecule has 3 atom stereocenters. The average Bonchev–Trinajstić information content (AvgIpc) is 2.97. The van der Waals surface area contributed by atoms with E-state index in [1.807, 2.05) is 50.3 Å². The summed E-state index contributed by atoms with van der Waals surface area (Å²) in [6.45, 7) is 3.97. The molecule has 6 nitrogen and oxygen atoms in total. The van der Waals surface area contributed by atoms with Crippen molar-refractivity contribution in [2.45, 2.75) is 39.2 Å². The molecule has 0 spiro atoms. The molecule has 2 heterocycles. The molecule has 1 aliphatic heterocycles. The topological polar surface area (TPSA) is 79.4 Å². The minimum atomic E-state index is -0.820. The van der Waals surface area contributed by atoms with E-state index in [2.05, 4.69) is 10.3 Å². The molecule has 1 N–H and O–H groups in total. The van der Waals surface area contributed by atoms with E-state index in [1.165, 1.54) is 4.90 Å². The van der Waals surface area contributed by atoms with E-state index in [4.69, 9.17) is 0 Å². The van der Waals surface area contributed by atoms with Gasteiger partial charge in [-0.05, 0) is 37.3 Å². The van der Waals surface area contributed by atoms with Gasteiger partial charge in [-0.2, -0.15) is 0 Å². The van der Waals surface area contributed by atoms with Crippen molar-refractivity contribution in [2.24, 2.45) is 17.8 Å². The number of imide groups is 1. The van der Waals surface area contributed by atoms with E-state index in [9.17, 15) is 14.4 Å². The minimum absolute atomic E-state index is 0.151. The molecule has 150 valence electrons. The number of hydrogen-bond donors (Lipinski definition) is 1. The molecule has 0 saturated carbocycles. The van der Waals surface area contributed by atoms with E-state index in [1.54, 1.807) is 12.3 Å². The molecule has 29 heavy (non-hydrogen) atoms. The zero-order valence-corrected chi connectivity index (χ0v) is 16.7. The van der Waals surface area contributed by atoms with Gasteiger partial charge in [0, 0.05) is 11.6 Å². The number of anilines is 1. The third kappa shape index (κ3) is 3.55. The van der Waals surface area contributed by atoms with Crippen molar-refractivity contribution in [1.29, 1.82) is 0 Å². The Morgan fingerprint density at radius 1 is 1.10 bits per heavy atom. The number of aromatic nitrogens is 1. The fourth-order valence-electron chi connectivity index (χ4n) is 4.33. The van der Waals surface area contributed by atoms with Gasteiger partial charge in [0.25, 0.3) is 0 Å². The number of fused-ring (bicyclic) bond motifs is 2. The molecule has 1 fully saturated rings. The van der Waals surface area contributed by atoms with Gasteiger partial charge >= 0.3 is 0 Å². The van der Waals surface area contributed by atoms with Crippen LogP contribution in [0, 0.1) is 17.8 Å². The summed E-state index contributed by atoms with van der Waals surface area (Å²) in [6.07, 6.45) is 7.14. The molecule has 1 aliphatic carbocycles. The predicted octanol–water partition coefficient (Wildman–Crippen LogP) is 3.54. The first-order valence-corrected chi connectivity index (χ1v) is 10.1. The van der Waals surface area contributed by atoms with Gasteiger partial charge in [0.15, 0.2) is 0 Å². The fraction of sp³-hybridized carbons (Fsp3) is 0.391. The maximum absolute atomic E-state index is 13.3. The van der Waals surface area contributed by atoms with Crippen LogP contribution in [0.3, 0.4) is 0 Å². The van der Waals surface area contributed by atoms with Crippen LogP contribution in [-0.2, 0) is 14.4 Å². The van der Waals surface area contributed by atoms with Gasteiger partial charge < -0.3 is 5.32 Å². The zero-order valence-electron chi connectivity index (χ0n) is 16.7. The Bertz CT molecular complexity index is 967. The molecule has 0 radical (unpaired) electrons. The van der Waals surface area contributed by atoms with Crippen molar-refractivity contribution in [3.05, 3.63) is 48.7 Å². The van der Waals surface area contributed by atoms with Crippen molar-refractivity contribution in [3.63, 3.8) is 0 Å². The summed E-state index contributed by atoms with van der Waals surface area (Å²) in [5.74, 6) is -1.31. The molecular weight excluding hydrogens is 366 g/mol. The van der Waals surface area contributed by atoms with Crippen LogP contribution < -0.4 is 5.32 Å². The van der Waals surface area contributed by atoms with Crippen LogP contribution in [0.25, 0.3) is 10.9 Å². The molecule has 1 aromatic carbocycles. The number of rotatable bonds is 5. The lowest BCUT2D eigenvalue weighted by Gasteiger charge is -2.27. The molecule has 3 unspecified atom stereocenters. The number of carbonyl (C=O) groups is 3. The van der Waals surface area contributed by atoms with Crippen molar-refractivity contribution in [1.82, 2.24) is 9.88 Å². The fourth-order valence-corrected chi connectivity index (χ4v) is 4.33. The number of benzene rings is 1. The summed E-state index contributed by atoms with van der Waals surface area (Å²) in [5.41, 5.74) is 1.27. The first kappa shape index (κ1) is 19.3. The highest BCUT2D eigenvalue weighted by molar-refractivity contribution is 6.11. The Morgan fingerprint density at radius 3 is 2.41 bits per heavy atom. The highest BCUT2D eigenvalue weighted by Crippen LogP contribution is 2.37. The number of amides is 3. The zero-order chi connectivity index (χ0) is 20.5. The van der Waals surface area contributed by atoms with Crippen LogP contribution >= 0.6 is 0 Å². The maximum atomic E-state index is 13.3. The van der Waals surface area contributed by atoms with E-state index in [0.29, 0.717) is 30.5 Å². The van der Waals surface area contributed by atoms with Gasteiger partial charge in [-0.1, -0.05) is 44.2 Å². The van der Waals surface area contributed by atoms with Gasteiger partial charge in [0.1, 0.15) is 6.04 Å². The van der Waals surface area contributed by atoms with E-state index in [0.717, 1.165) is 5.39 Å². The lowest BCUT2D eigenvalue weighted by Crippen LogP contribution is -2.48. The number of allylic oxidation sites excluding steroid dienone is 2. The van der Waals surface area contributed by atoms with Crippen molar-refractivity contribution < 1.29 is 14.4 Å². The summed E-state index contributed by atoms with van der Waals surface area (Å²) < 4.78 is 0. The summed E-state index contributed by atoms with van der Waals surface area (Å²) in [4.78, 5) is 44.9. The van der Waals surface area contributed by atoms with Gasteiger partial charge in [-0.15, -0.1) is 0 Å².